The fraction of sp³-hybridized carbons (Fsp3) is 0.533. The van der Waals surface area contributed by atoms with Crippen LogP contribution in [0.1, 0.15) is 37.3 Å². The largest absolute Gasteiger partial charge is 0.465 e. The monoisotopic (exact) mass is 259 g/mol. The Hall–Kier alpha value is -1.55. The summed E-state index contributed by atoms with van der Waals surface area (Å²) in [6.45, 7) is 5.25. The molecular weight excluding hydrogens is 238 g/mol. The topological polar surface area (TPSA) is 34.2 Å². The number of piperidine rings is 1. The quantitative estimate of drug-likeness (QED) is 0.846. The maximum atomic E-state index is 5.80. The number of hydrogen-bond acceptors (Lipinski definition) is 3. The normalized spacial score (nSPS) is 20.8. The van der Waals surface area contributed by atoms with Gasteiger partial charge in [-0.3, -0.25) is 9.58 Å². The van der Waals surface area contributed by atoms with Gasteiger partial charge in [-0.1, -0.05) is 6.92 Å². The molecule has 0 saturated carbocycles. The van der Waals surface area contributed by atoms with Crippen molar-refractivity contribution in [3.8, 4) is 0 Å². The molecule has 4 nitrogen and oxygen atoms in total. The van der Waals surface area contributed by atoms with E-state index in [1.54, 1.807) is 0 Å². The van der Waals surface area contributed by atoms with Crippen molar-refractivity contribution in [2.75, 3.05) is 13.1 Å². The zero-order valence-electron chi connectivity index (χ0n) is 11.5. The van der Waals surface area contributed by atoms with Gasteiger partial charge in [-0.2, -0.15) is 5.10 Å². The molecule has 3 rings (SSSR count). The molecule has 0 unspecified atom stereocenters. The number of aryl methyl sites for hydroxylation is 1. The zero-order chi connectivity index (χ0) is 13.1. The number of hydrogen-bond donors (Lipinski definition) is 0. The maximum absolute atomic E-state index is 5.80. The van der Waals surface area contributed by atoms with Crippen LogP contribution in [0.5, 0.6) is 0 Å². The summed E-state index contributed by atoms with van der Waals surface area (Å²) in [6, 6.07) is 6.70. The maximum Gasteiger partial charge on any atom is 0.118 e. The van der Waals surface area contributed by atoms with E-state index in [2.05, 4.69) is 39.9 Å². The van der Waals surface area contributed by atoms with Gasteiger partial charge in [0.2, 0.25) is 0 Å². The highest BCUT2D eigenvalue weighted by atomic mass is 16.3. The van der Waals surface area contributed by atoms with Crippen LogP contribution in [-0.2, 0) is 13.0 Å². The highest BCUT2D eigenvalue weighted by Gasteiger charge is 2.22. The smallest absolute Gasteiger partial charge is 0.118 e. The third-order valence-electron chi connectivity index (χ3n) is 3.82. The summed E-state index contributed by atoms with van der Waals surface area (Å²) in [7, 11) is 0. The molecule has 4 heteroatoms. The van der Waals surface area contributed by atoms with Crippen molar-refractivity contribution < 1.29 is 4.42 Å². The Bertz CT molecular complexity index is 503. The van der Waals surface area contributed by atoms with Gasteiger partial charge >= 0.3 is 0 Å². The minimum atomic E-state index is 0.504. The van der Waals surface area contributed by atoms with Crippen molar-refractivity contribution in [3.63, 3.8) is 0 Å². The third-order valence-corrected chi connectivity index (χ3v) is 3.82. The van der Waals surface area contributed by atoms with Crippen LogP contribution < -0.4 is 0 Å². The molecular formula is C15H21N3O. The SMILES string of the molecule is CCc1ccc(CN2CCC[C@@H](n3cccn3)C2)o1. The van der Waals surface area contributed by atoms with Crippen LogP contribution >= 0.6 is 0 Å². The third kappa shape index (κ3) is 2.89. The summed E-state index contributed by atoms with van der Waals surface area (Å²) in [4.78, 5) is 2.47. The van der Waals surface area contributed by atoms with Gasteiger partial charge in [0.1, 0.15) is 11.5 Å². The molecule has 0 N–H and O–H groups in total. The van der Waals surface area contributed by atoms with Crippen LogP contribution in [0.3, 0.4) is 0 Å². The fourth-order valence-corrected chi connectivity index (χ4v) is 2.81. The number of rotatable bonds is 4. The van der Waals surface area contributed by atoms with Crippen molar-refractivity contribution in [2.24, 2.45) is 0 Å². The molecule has 0 amide bonds. The van der Waals surface area contributed by atoms with Crippen molar-refractivity contribution in [1.82, 2.24) is 14.7 Å². The molecule has 1 aliphatic heterocycles. The molecule has 2 aromatic heterocycles. The summed E-state index contributed by atoms with van der Waals surface area (Å²) >= 11 is 0. The summed E-state index contributed by atoms with van der Waals surface area (Å²) in [6.07, 6.45) is 7.34. The van der Waals surface area contributed by atoms with Gasteiger partial charge in [-0.25, -0.2) is 0 Å². The molecule has 3 heterocycles. The Morgan fingerprint density at radius 1 is 1.37 bits per heavy atom. The van der Waals surface area contributed by atoms with Gasteiger partial charge in [0, 0.05) is 25.4 Å². The molecule has 1 atom stereocenters. The number of aromatic nitrogens is 2. The minimum absolute atomic E-state index is 0.504. The van der Waals surface area contributed by atoms with Crippen LogP contribution in [0.15, 0.2) is 35.0 Å². The van der Waals surface area contributed by atoms with Gasteiger partial charge in [-0.15, -0.1) is 0 Å². The number of furan rings is 1. The van der Waals surface area contributed by atoms with Crippen LogP contribution in [-0.4, -0.2) is 27.8 Å². The number of nitrogens with zero attached hydrogens (tertiary/aromatic N) is 3. The number of likely N-dealkylation sites (tertiary alicyclic amines) is 1. The highest BCUT2D eigenvalue weighted by molar-refractivity contribution is 5.07. The first kappa shape index (κ1) is 12.5. The van der Waals surface area contributed by atoms with Crippen molar-refractivity contribution in [3.05, 3.63) is 42.1 Å². The molecule has 0 aliphatic carbocycles. The highest BCUT2D eigenvalue weighted by Crippen LogP contribution is 2.22. The average Bonchev–Trinajstić information content (AvgIpc) is 3.10. The van der Waals surface area contributed by atoms with Crippen LogP contribution in [0.4, 0.5) is 0 Å². The summed E-state index contributed by atoms with van der Waals surface area (Å²) in [5.41, 5.74) is 0. The van der Waals surface area contributed by atoms with E-state index >= 15 is 0 Å². The minimum Gasteiger partial charge on any atom is -0.465 e. The molecule has 1 saturated heterocycles. The molecule has 2 aromatic rings. The molecule has 19 heavy (non-hydrogen) atoms. The van der Waals surface area contributed by atoms with E-state index in [1.807, 2.05) is 12.3 Å². The zero-order valence-corrected chi connectivity index (χ0v) is 11.5. The molecule has 0 bridgehead atoms. The van der Waals surface area contributed by atoms with Crippen LogP contribution in [0, 0.1) is 0 Å². The first-order valence-electron chi connectivity index (χ1n) is 7.14. The Balaban J connectivity index is 1.62. The lowest BCUT2D eigenvalue weighted by Crippen LogP contribution is -2.36. The molecule has 1 fully saturated rings. The Morgan fingerprint density at radius 3 is 3.00 bits per heavy atom. The van der Waals surface area contributed by atoms with Crippen LogP contribution in [0.25, 0.3) is 0 Å². The fourth-order valence-electron chi connectivity index (χ4n) is 2.81. The second-order valence-corrected chi connectivity index (χ2v) is 5.24. The molecule has 0 spiro atoms. The van der Waals surface area contributed by atoms with Gasteiger partial charge < -0.3 is 4.42 Å². The van der Waals surface area contributed by atoms with Crippen molar-refractivity contribution in [1.29, 1.82) is 0 Å². The van der Waals surface area contributed by atoms with E-state index in [0.717, 1.165) is 37.6 Å². The van der Waals surface area contributed by atoms with Gasteiger partial charge in [-0.05, 0) is 37.6 Å². The summed E-state index contributed by atoms with van der Waals surface area (Å²) < 4.78 is 7.89. The van der Waals surface area contributed by atoms with E-state index in [1.165, 1.54) is 12.8 Å². The molecule has 102 valence electrons. The Kier molecular flexibility index (Phi) is 3.69. The molecule has 0 aromatic carbocycles. The predicted octanol–water partition coefficient (Wildman–Crippen LogP) is 2.88. The van der Waals surface area contributed by atoms with Crippen LogP contribution in [0.2, 0.25) is 0 Å². The summed E-state index contributed by atoms with van der Waals surface area (Å²) in [5.74, 6) is 2.16. The molecule has 1 aliphatic rings. The first-order chi connectivity index (χ1) is 9.35. The lowest BCUT2D eigenvalue weighted by Gasteiger charge is -2.32. The molecule has 0 radical (unpaired) electrons. The first-order valence-corrected chi connectivity index (χ1v) is 7.14. The van der Waals surface area contributed by atoms with Crippen molar-refractivity contribution in [2.45, 2.75) is 38.8 Å². The van der Waals surface area contributed by atoms with E-state index < -0.39 is 0 Å². The lowest BCUT2D eigenvalue weighted by atomic mass is 10.1. The Morgan fingerprint density at radius 2 is 2.26 bits per heavy atom. The van der Waals surface area contributed by atoms with E-state index in [0.29, 0.717) is 6.04 Å². The average molecular weight is 259 g/mol. The lowest BCUT2D eigenvalue weighted by molar-refractivity contribution is 0.153. The predicted molar refractivity (Wildman–Crippen MR) is 73.9 cm³/mol. The second kappa shape index (κ2) is 5.61. The Labute approximate surface area is 114 Å². The standard InChI is InChI=1S/C15H21N3O/c1-2-14-6-7-15(19-14)12-17-9-3-5-13(11-17)18-10-4-8-16-18/h4,6-8,10,13H,2-3,5,9,11-12H2,1H3/t13-/m1/s1. The van der Waals surface area contributed by atoms with E-state index in [4.69, 9.17) is 4.42 Å². The van der Waals surface area contributed by atoms with Gasteiger partial charge in [0.25, 0.3) is 0 Å². The van der Waals surface area contributed by atoms with Gasteiger partial charge in [0.15, 0.2) is 0 Å². The van der Waals surface area contributed by atoms with E-state index in [-0.39, 0.29) is 0 Å². The van der Waals surface area contributed by atoms with E-state index in [9.17, 15) is 0 Å². The summed E-state index contributed by atoms with van der Waals surface area (Å²) in [5, 5.41) is 4.37. The second-order valence-electron chi connectivity index (χ2n) is 5.24. The van der Waals surface area contributed by atoms with Crippen molar-refractivity contribution >= 4 is 0 Å². The van der Waals surface area contributed by atoms with Gasteiger partial charge in [0.05, 0.1) is 12.6 Å².